The molecule has 0 aliphatic carbocycles. The van der Waals surface area contributed by atoms with Gasteiger partial charge in [0.05, 0.1) is 18.8 Å². The summed E-state index contributed by atoms with van der Waals surface area (Å²) >= 11 is 0. The Labute approximate surface area is 47.9 Å². The van der Waals surface area contributed by atoms with E-state index in [1.807, 2.05) is 0 Å². The van der Waals surface area contributed by atoms with Crippen LogP contribution in [0.5, 0.6) is 0 Å². The molecule has 1 heterocycles. The Bertz CT molecular complexity index is 74.1. The molecule has 1 rings (SSSR count). The average molecular weight is 117 g/mol. The molecule has 2 atom stereocenters. The van der Waals surface area contributed by atoms with Crippen LogP contribution in [0.2, 0.25) is 0 Å². The maximum Gasteiger partial charge on any atom is 0.109 e. The quantitative estimate of drug-likeness (QED) is 0.494. The molecule has 3 nitrogen and oxygen atoms in total. The van der Waals surface area contributed by atoms with Crippen molar-refractivity contribution >= 4 is 0 Å². The molecule has 0 aromatic rings. The van der Waals surface area contributed by atoms with E-state index in [1.165, 1.54) is 0 Å². The lowest BCUT2D eigenvalue weighted by Gasteiger charge is -1.99. The van der Waals surface area contributed by atoms with Crippen LogP contribution >= 0.6 is 0 Å². The highest BCUT2D eigenvalue weighted by molar-refractivity contribution is 4.76. The van der Waals surface area contributed by atoms with Crippen molar-refractivity contribution in [3.63, 3.8) is 0 Å². The Morgan fingerprint density at radius 1 is 1.62 bits per heavy atom. The zero-order chi connectivity index (χ0) is 5.98. The van der Waals surface area contributed by atoms with Gasteiger partial charge < -0.3 is 14.9 Å². The van der Waals surface area contributed by atoms with E-state index in [0.717, 1.165) is 6.61 Å². The minimum atomic E-state index is -0.386. The predicted octanol–water partition coefficient (Wildman–Crippen LogP) is -0.330. The second-order valence-corrected chi connectivity index (χ2v) is 1.91. The first-order valence-corrected chi connectivity index (χ1v) is 2.60. The van der Waals surface area contributed by atoms with Crippen molar-refractivity contribution in [3.05, 3.63) is 6.61 Å². The zero-order valence-electron chi connectivity index (χ0n) is 4.45. The molecular formula is C5H9O3. The summed E-state index contributed by atoms with van der Waals surface area (Å²) in [5, 5.41) is 17.1. The van der Waals surface area contributed by atoms with Crippen LogP contribution in [-0.2, 0) is 4.74 Å². The minimum Gasteiger partial charge on any atom is -0.391 e. The van der Waals surface area contributed by atoms with Crippen molar-refractivity contribution in [1.82, 2.24) is 0 Å². The van der Waals surface area contributed by atoms with Gasteiger partial charge in [0.2, 0.25) is 0 Å². The molecule has 1 radical (unpaired) electrons. The van der Waals surface area contributed by atoms with Crippen molar-refractivity contribution in [2.45, 2.75) is 18.6 Å². The normalized spacial score (nSPS) is 38.2. The summed E-state index contributed by atoms with van der Waals surface area (Å²) in [6.07, 6.45) is -0.107. The van der Waals surface area contributed by atoms with Gasteiger partial charge in [-0.1, -0.05) is 0 Å². The molecule has 3 heteroatoms. The lowest BCUT2D eigenvalue weighted by atomic mass is 10.2. The van der Waals surface area contributed by atoms with Crippen LogP contribution in [0, 0.1) is 6.61 Å². The first-order valence-electron chi connectivity index (χ1n) is 2.60. The maximum atomic E-state index is 8.77. The predicted molar refractivity (Wildman–Crippen MR) is 26.6 cm³/mol. The van der Waals surface area contributed by atoms with Gasteiger partial charge >= 0.3 is 0 Å². The summed E-state index contributed by atoms with van der Waals surface area (Å²) in [5.41, 5.74) is 0. The van der Waals surface area contributed by atoms with Gasteiger partial charge in [-0.05, 0) is 0 Å². The third-order valence-electron chi connectivity index (χ3n) is 1.17. The first-order chi connectivity index (χ1) is 3.83. The van der Waals surface area contributed by atoms with Gasteiger partial charge in [0, 0.05) is 6.42 Å². The van der Waals surface area contributed by atoms with Gasteiger partial charge in [0.1, 0.15) is 6.61 Å². The maximum absolute atomic E-state index is 8.77. The van der Waals surface area contributed by atoms with Crippen molar-refractivity contribution in [3.8, 4) is 0 Å². The molecule has 2 N–H and O–H groups in total. The van der Waals surface area contributed by atoms with Crippen LogP contribution in [0.1, 0.15) is 6.42 Å². The first kappa shape index (κ1) is 6.01. The lowest BCUT2D eigenvalue weighted by Crippen LogP contribution is -2.06. The highest BCUT2D eigenvalue weighted by Gasteiger charge is 2.22. The zero-order valence-corrected chi connectivity index (χ0v) is 4.45. The average Bonchev–Trinajstić information content (AvgIpc) is 2.14. The number of aliphatic hydroxyl groups is 2. The number of hydrogen-bond donors (Lipinski definition) is 2. The largest absolute Gasteiger partial charge is 0.391 e. The van der Waals surface area contributed by atoms with E-state index in [4.69, 9.17) is 14.9 Å². The van der Waals surface area contributed by atoms with E-state index in [-0.39, 0.29) is 12.2 Å². The summed E-state index contributed by atoms with van der Waals surface area (Å²) in [7, 11) is 0. The summed E-state index contributed by atoms with van der Waals surface area (Å²) in [6, 6.07) is 0. The molecule has 0 bridgehead atoms. The van der Waals surface area contributed by atoms with Crippen molar-refractivity contribution in [1.29, 1.82) is 0 Å². The van der Waals surface area contributed by atoms with Crippen LogP contribution in [0.3, 0.4) is 0 Å². The fourth-order valence-corrected chi connectivity index (χ4v) is 0.743. The number of aliphatic hydroxyl groups excluding tert-OH is 2. The summed E-state index contributed by atoms with van der Waals surface area (Å²) < 4.78 is 4.86. The second kappa shape index (κ2) is 2.44. The number of ether oxygens (including phenoxy) is 1. The molecule has 0 spiro atoms. The standard InChI is InChI=1S/C5H9O3/c6-2-5-1-4(7)3-8-5/h2,4-7H,1,3H2/t4-,5+/m1/s1. The van der Waals surface area contributed by atoms with E-state index in [2.05, 4.69) is 0 Å². The summed E-state index contributed by atoms with van der Waals surface area (Å²) in [6.45, 7) is 1.32. The second-order valence-electron chi connectivity index (χ2n) is 1.91. The number of hydrogen-bond acceptors (Lipinski definition) is 3. The Balaban J connectivity index is 2.22. The van der Waals surface area contributed by atoms with Crippen LogP contribution in [0.4, 0.5) is 0 Å². The van der Waals surface area contributed by atoms with Crippen molar-refractivity contribution in [2.24, 2.45) is 0 Å². The molecule has 0 amide bonds. The molecule has 8 heavy (non-hydrogen) atoms. The van der Waals surface area contributed by atoms with Crippen molar-refractivity contribution in [2.75, 3.05) is 6.61 Å². The van der Waals surface area contributed by atoms with Crippen LogP contribution in [0.15, 0.2) is 0 Å². The van der Waals surface area contributed by atoms with E-state index in [0.29, 0.717) is 13.0 Å². The Kier molecular flexibility index (Phi) is 1.83. The summed E-state index contributed by atoms with van der Waals surface area (Å²) in [4.78, 5) is 0. The lowest BCUT2D eigenvalue weighted by molar-refractivity contribution is 0.0798. The van der Waals surface area contributed by atoms with Gasteiger partial charge in [0.25, 0.3) is 0 Å². The Hall–Kier alpha value is -0.120. The highest BCUT2D eigenvalue weighted by atomic mass is 16.5. The molecule has 1 fully saturated rings. The molecule has 0 aromatic carbocycles. The minimum absolute atomic E-state index is 0.245. The van der Waals surface area contributed by atoms with E-state index >= 15 is 0 Å². The van der Waals surface area contributed by atoms with Crippen LogP contribution in [-0.4, -0.2) is 29.0 Å². The van der Waals surface area contributed by atoms with Crippen LogP contribution in [0.25, 0.3) is 0 Å². The van der Waals surface area contributed by atoms with E-state index in [1.54, 1.807) is 0 Å². The molecule has 0 aromatic heterocycles. The smallest absolute Gasteiger partial charge is 0.109 e. The molecule has 1 aliphatic rings. The monoisotopic (exact) mass is 117 g/mol. The molecule has 0 unspecified atom stereocenters. The SMILES string of the molecule is O[CH][C@@H]1C[C@@H](O)CO1. The molecule has 1 saturated heterocycles. The van der Waals surface area contributed by atoms with Gasteiger partial charge in [0.15, 0.2) is 0 Å². The van der Waals surface area contributed by atoms with Gasteiger partial charge in [-0.25, -0.2) is 0 Å². The van der Waals surface area contributed by atoms with Gasteiger partial charge in [-0.2, -0.15) is 0 Å². The topological polar surface area (TPSA) is 49.7 Å². The number of rotatable bonds is 1. The van der Waals surface area contributed by atoms with E-state index < -0.39 is 0 Å². The van der Waals surface area contributed by atoms with Gasteiger partial charge in [-0.15, -0.1) is 0 Å². The fraction of sp³-hybridized carbons (Fsp3) is 0.800. The molecule has 1 aliphatic heterocycles. The van der Waals surface area contributed by atoms with Crippen molar-refractivity contribution < 1.29 is 14.9 Å². The highest BCUT2D eigenvalue weighted by Crippen LogP contribution is 2.13. The third-order valence-corrected chi connectivity index (χ3v) is 1.17. The molecule has 47 valence electrons. The van der Waals surface area contributed by atoms with E-state index in [9.17, 15) is 0 Å². The summed E-state index contributed by atoms with van der Waals surface area (Å²) in [5.74, 6) is 0. The fourth-order valence-electron chi connectivity index (χ4n) is 0.743. The van der Waals surface area contributed by atoms with Crippen LogP contribution < -0.4 is 0 Å². The Morgan fingerprint density at radius 2 is 2.38 bits per heavy atom. The Morgan fingerprint density at radius 3 is 2.62 bits per heavy atom. The molecular weight excluding hydrogens is 108 g/mol. The third kappa shape index (κ3) is 1.18. The van der Waals surface area contributed by atoms with Gasteiger partial charge in [-0.3, -0.25) is 0 Å². The molecule has 0 saturated carbocycles.